The van der Waals surface area contributed by atoms with Crippen molar-refractivity contribution in [1.29, 1.82) is 0 Å². The van der Waals surface area contributed by atoms with Crippen LogP contribution >= 0.6 is 0 Å². The van der Waals surface area contributed by atoms with E-state index in [1.165, 1.54) is 12.8 Å². The fourth-order valence-corrected chi connectivity index (χ4v) is 2.02. The monoisotopic (exact) mass is 141 g/mol. The Morgan fingerprint density at radius 3 is 2.10 bits per heavy atom. The predicted molar refractivity (Wildman–Crippen MR) is 45.0 cm³/mol. The summed E-state index contributed by atoms with van der Waals surface area (Å²) in [7, 11) is 2.07. The molecule has 0 aliphatic heterocycles. The zero-order chi connectivity index (χ0) is 7.78. The Labute approximate surface area is 64.2 Å². The van der Waals surface area contributed by atoms with Crippen LogP contribution in [0.5, 0.6) is 0 Å². The van der Waals surface area contributed by atoms with Crippen molar-refractivity contribution in [2.75, 3.05) is 7.05 Å². The van der Waals surface area contributed by atoms with Gasteiger partial charge in [-0.3, -0.25) is 0 Å². The van der Waals surface area contributed by atoms with E-state index in [1.807, 2.05) is 0 Å². The smallest absolute Gasteiger partial charge is 0.0118 e. The van der Waals surface area contributed by atoms with Gasteiger partial charge in [0.15, 0.2) is 0 Å². The second kappa shape index (κ2) is 2.54. The Kier molecular flexibility index (Phi) is 2.04. The summed E-state index contributed by atoms with van der Waals surface area (Å²) in [5.74, 6) is 0.880. The molecule has 1 N–H and O–H groups in total. The molecule has 1 aliphatic carbocycles. The lowest BCUT2D eigenvalue weighted by atomic mass is 9.80. The van der Waals surface area contributed by atoms with Crippen LogP contribution in [-0.4, -0.2) is 13.1 Å². The summed E-state index contributed by atoms with van der Waals surface area (Å²) in [6.45, 7) is 7.09. The predicted octanol–water partition coefficient (Wildman–Crippen LogP) is 2.03. The summed E-state index contributed by atoms with van der Waals surface area (Å²) in [5, 5.41) is 3.38. The van der Waals surface area contributed by atoms with Crippen molar-refractivity contribution in [3.63, 3.8) is 0 Å². The van der Waals surface area contributed by atoms with Crippen molar-refractivity contribution in [3.8, 4) is 0 Å². The molecule has 1 nitrogen and oxygen atoms in total. The summed E-state index contributed by atoms with van der Waals surface area (Å²) < 4.78 is 0. The summed E-state index contributed by atoms with van der Waals surface area (Å²) in [4.78, 5) is 0. The van der Waals surface area contributed by atoms with E-state index in [9.17, 15) is 0 Å². The van der Waals surface area contributed by atoms with Gasteiger partial charge >= 0.3 is 0 Å². The maximum atomic E-state index is 3.38. The standard InChI is InChI=1S/C9H19N/c1-7-5-6-8(10-4)9(7,2)3/h7-8,10H,5-6H2,1-4H3/t7?,8-/m0/s1. The minimum absolute atomic E-state index is 0.509. The molecule has 0 amide bonds. The molecule has 1 fully saturated rings. The lowest BCUT2D eigenvalue weighted by molar-refractivity contribution is 0.228. The van der Waals surface area contributed by atoms with Crippen molar-refractivity contribution in [2.24, 2.45) is 11.3 Å². The first kappa shape index (κ1) is 8.06. The van der Waals surface area contributed by atoms with Gasteiger partial charge < -0.3 is 5.32 Å². The first-order chi connectivity index (χ1) is 4.59. The topological polar surface area (TPSA) is 12.0 Å². The van der Waals surface area contributed by atoms with Gasteiger partial charge in [-0.25, -0.2) is 0 Å². The van der Waals surface area contributed by atoms with E-state index in [-0.39, 0.29) is 0 Å². The van der Waals surface area contributed by atoms with Crippen LogP contribution in [0.25, 0.3) is 0 Å². The highest BCUT2D eigenvalue weighted by molar-refractivity contribution is 4.93. The van der Waals surface area contributed by atoms with Gasteiger partial charge in [0.2, 0.25) is 0 Å². The Morgan fingerprint density at radius 1 is 1.30 bits per heavy atom. The van der Waals surface area contributed by atoms with Crippen molar-refractivity contribution in [1.82, 2.24) is 5.32 Å². The molecule has 1 unspecified atom stereocenters. The molecule has 0 radical (unpaired) electrons. The molecule has 0 bridgehead atoms. The molecule has 1 aliphatic rings. The molecule has 0 spiro atoms. The quantitative estimate of drug-likeness (QED) is 0.589. The molecule has 0 aromatic heterocycles. The summed E-state index contributed by atoms with van der Waals surface area (Å²) >= 11 is 0. The molecular weight excluding hydrogens is 122 g/mol. The second-order valence-corrected chi connectivity index (χ2v) is 4.14. The van der Waals surface area contributed by atoms with E-state index in [0.29, 0.717) is 5.41 Å². The molecule has 0 heterocycles. The molecule has 2 atom stereocenters. The highest BCUT2D eigenvalue weighted by Gasteiger charge is 2.39. The van der Waals surface area contributed by atoms with Crippen LogP contribution in [0.3, 0.4) is 0 Å². The Bertz CT molecular complexity index is 118. The average Bonchev–Trinajstić information content (AvgIpc) is 2.10. The van der Waals surface area contributed by atoms with Crippen LogP contribution in [0, 0.1) is 11.3 Å². The third kappa shape index (κ3) is 1.07. The molecule has 0 saturated heterocycles. The summed E-state index contributed by atoms with van der Waals surface area (Å²) in [5.41, 5.74) is 0.509. The summed E-state index contributed by atoms with van der Waals surface area (Å²) in [6.07, 6.45) is 2.74. The Hall–Kier alpha value is -0.0400. The van der Waals surface area contributed by atoms with Crippen LogP contribution in [0.4, 0.5) is 0 Å². The van der Waals surface area contributed by atoms with Crippen LogP contribution < -0.4 is 5.32 Å². The van der Waals surface area contributed by atoms with Crippen molar-refractivity contribution >= 4 is 0 Å². The van der Waals surface area contributed by atoms with Gasteiger partial charge in [0, 0.05) is 6.04 Å². The lowest BCUT2D eigenvalue weighted by Gasteiger charge is -2.30. The lowest BCUT2D eigenvalue weighted by Crippen LogP contribution is -2.37. The molecule has 1 rings (SSSR count). The summed E-state index contributed by atoms with van der Waals surface area (Å²) in [6, 6.07) is 0.738. The number of hydrogen-bond donors (Lipinski definition) is 1. The van der Waals surface area contributed by atoms with Gasteiger partial charge in [0.1, 0.15) is 0 Å². The van der Waals surface area contributed by atoms with Crippen molar-refractivity contribution in [2.45, 2.75) is 39.7 Å². The molecule has 10 heavy (non-hydrogen) atoms. The van der Waals surface area contributed by atoms with Gasteiger partial charge in [-0.2, -0.15) is 0 Å². The number of hydrogen-bond acceptors (Lipinski definition) is 1. The molecular formula is C9H19N. The largest absolute Gasteiger partial charge is 0.316 e. The first-order valence-corrected chi connectivity index (χ1v) is 4.26. The Morgan fingerprint density at radius 2 is 1.90 bits per heavy atom. The zero-order valence-electron chi connectivity index (χ0n) is 7.57. The van der Waals surface area contributed by atoms with Crippen molar-refractivity contribution in [3.05, 3.63) is 0 Å². The average molecular weight is 141 g/mol. The number of nitrogens with one attached hydrogen (secondary N) is 1. The van der Waals surface area contributed by atoms with Crippen molar-refractivity contribution < 1.29 is 0 Å². The molecule has 1 heteroatoms. The van der Waals surface area contributed by atoms with E-state index in [4.69, 9.17) is 0 Å². The Balaban J connectivity index is 2.64. The molecule has 60 valence electrons. The molecule has 1 saturated carbocycles. The minimum atomic E-state index is 0.509. The van der Waals surface area contributed by atoms with E-state index in [0.717, 1.165) is 12.0 Å². The molecule has 0 aromatic carbocycles. The van der Waals surface area contributed by atoms with Gasteiger partial charge in [-0.1, -0.05) is 20.8 Å². The van der Waals surface area contributed by atoms with Crippen LogP contribution in [0.1, 0.15) is 33.6 Å². The normalized spacial score (nSPS) is 38.4. The van der Waals surface area contributed by atoms with Gasteiger partial charge in [-0.05, 0) is 31.2 Å². The maximum absolute atomic E-state index is 3.38. The molecule has 0 aromatic rings. The van der Waals surface area contributed by atoms with E-state index >= 15 is 0 Å². The van der Waals surface area contributed by atoms with Crippen LogP contribution in [0.15, 0.2) is 0 Å². The van der Waals surface area contributed by atoms with Crippen LogP contribution in [0.2, 0.25) is 0 Å². The van der Waals surface area contributed by atoms with Gasteiger partial charge in [0.05, 0.1) is 0 Å². The van der Waals surface area contributed by atoms with E-state index < -0.39 is 0 Å². The third-order valence-corrected chi connectivity index (χ3v) is 3.41. The minimum Gasteiger partial charge on any atom is -0.316 e. The van der Waals surface area contributed by atoms with E-state index in [2.05, 4.69) is 33.1 Å². The highest BCUT2D eigenvalue weighted by atomic mass is 14.9. The highest BCUT2D eigenvalue weighted by Crippen LogP contribution is 2.42. The fourth-order valence-electron chi connectivity index (χ4n) is 2.02. The SMILES string of the molecule is CN[C@H]1CCC(C)C1(C)C. The fraction of sp³-hybridized carbons (Fsp3) is 1.00. The third-order valence-electron chi connectivity index (χ3n) is 3.41. The van der Waals surface area contributed by atoms with Gasteiger partial charge in [-0.15, -0.1) is 0 Å². The second-order valence-electron chi connectivity index (χ2n) is 4.14. The first-order valence-electron chi connectivity index (χ1n) is 4.26. The zero-order valence-corrected chi connectivity index (χ0v) is 7.57. The maximum Gasteiger partial charge on any atom is 0.0118 e. The van der Waals surface area contributed by atoms with Gasteiger partial charge in [0.25, 0.3) is 0 Å². The number of rotatable bonds is 1. The van der Waals surface area contributed by atoms with E-state index in [1.54, 1.807) is 0 Å². The van der Waals surface area contributed by atoms with Crippen LogP contribution in [-0.2, 0) is 0 Å².